The van der Waals surface area contributed by atoms with Crippen LogP contribution in [-0.4, -0.2) is 6.21 Å². The Morgan fingerprint density at radius 2 is 2.12 bits per heavy atom. The van der Waals surface area contributed by atoms with Crippen LogP contribution in [0, 0.1) is 0 Å². The largest absolute Gasteiger partial charge is 0.264 e. The van der Waals surface area contributed by atoms with Crippen LogP contribution in [0.25, 0.3) is 22.2 Å². The molecule has 1 aliphatic heterocycles. The molecule has 0 amide bonds. The lowest BCUT2D eigenvalue weighted by Crippen LogP contribution is -1.82. The molecule has 1 nitrogen and oxygen atoms in total. The molecule has 1 aromatic carbocycles. The van der Waals surface area contributed by atoms with Crippen LogP contribution in [0.15, 0.2) is 34.3 Å². The van der Waals surface area contributed by atoms with Crippen molar-refractivity contribution in [2.75, 3.05) is 0 Å². The van der Waals surface area contributed by atoms with Crippen LogP contribution in [0.1, 0.15) is 30.5 Å². The summed E-state index contributed by atoms with van der Waals surface area (Å²) in [6, 6.07) is 4.37. The Kier molecular flexibility index (Phi) is 2.45. The number of hydrogen-bond donors (Lipinski definition) is 0. The average molecular weight is 239 g/mol. The third-order valence-corrected chi connectivity index (χ3v) is 3.86. The Labute approximate surface area is 105 Å². The van der Waals surface area contributed by atoms with E-state index in [0.717, 1.165) is 0 Å². The number of hydrogen-bond acceptors (Lipinski definition) is 2. The second-order valence-corrected chi connectivity index (χ2v) is 5.33. The van der Waals surface area contributed by atoms with Crippen molar-refractivity contribution in [2.24, 2.45) is 4.99 Å². The van der Waals surface area contributed by atoms with Crippen molar-refractivity contribution in [3.05, 3.63) is 46.0 Å². The van der Waals surface area contributed by atoms with Gasteiger partial charge < -0.3 is 0 Å². The van der Waals surface area contributed by atoms with E-state index < -0.39 is 0 Å². The monoisotopic (exact) mass is 239 g/mol. The lowest BCUT2D eigenvalue weighted by molar-refractivity contribution is 1.43. The highest BCUT2D eigenvalue weighted by Crippen LogP contribution is 2.34. The lowest BCUT2D eigenvalue weighted by Gasteiger charge is -2.02. The number of aliphatic imine (C=N–C) groups is 1. The number of nitrogens with zero attached hydrogens (tertiary/aromatic N) is 1. The first kappa shape index (κ1) is 10.5. The third-order valence-electron chi connectivity index (χ3n) is 2.81. The van der Waals surface area contributed by atoms with Gasteiger partial charge in [-0.15, -0.1) is 11.3 Å². The fraction of sp³-hybridized carbons (Fsp3) is 0.133. The van der Waals surface area contributed by atoms with Crippen LogP contribution < -0.4 is 0 Å². The van der Waals surface area contributed by atoms with E-state index in [2.05, 4.69) is 48.5 Å². The van der Waals surface area contributed by atoms with E-state index in [0.29, 0.717) is 0 Å². The molecular weight excluding hydrogens is 226 g/mol. The zero-order chi connectivity index (χ0) is 11.8. The predicted molar refractivity (Wildman–Crippen MR) is 77.8 cm³/mol. The van der Waals surface area contributed by atoms with Gasteiger partial charge in [-0.25, -0.2) is 0 Å². The summed E-state index contributed by atoms with van der Waals surface area (Å²) in [6.07, 6.45) is 8.12. The minimum atomic E-state index is 1.23. The average Bonchev–Trinajstić information content (AvgIpc) is 2.60. The minimum absolute atomic E-state index is 1.23. The van der Waals surface area contributed by atoms with Crippen molar-refractivity contribution in [3.63, 3.8) is 0 Å². The molecule has 0 bridgehead atoms. The van der Waals surface area contributed by atoms with Gasteiger partial charge >= 0.3 is 0 Å². The van der Waals surface area contributed by atoms with Crippen molar-refractivity contribution in [1.82, 2.24) is 0 Å². The second-order valence-electron chi connectivity index (χ2n) is 4.45. The fourth-order valence-corrected chi connectivity index (χ4v) is 3.17. The van der Waals surface area contributed by atoms with Crippen molar-refractivity contribution < 1.29 is 0 Å². The molecule has 1 aliphatic rings. The first-order valence-electron chi connectivity index (χ1n) is 5.64. The number of rotatable bonds is 1. The Morgan fingerprint density at radius 1 is 1.24 bits per heavy atom. The highest BCUT2D eigenvalue weighted by Gasteiger charge is 2.10. The third kappa shape index (κ3) is 1.75. The van der Waals surface area contributed by atoms with Crippen LogP contribution >= 0.6 is 11.3 Å². The molecule has 0 atom stereocenters. The first-order chi connectivity index (χ1) is 8.25. The standard InChI is InChI=1S/C15H13NS/c1-10(2)7-12-4-3-11-5-6-16-8-13-9-17-15(12)14(11)13/h3-9H,1-2H3. The molecular formula is C15H13NS. The molecule has 1 aromatic heterocycles. The van der Waals surface area contributed by atoms with Gasteiger partial charge in [0.15, 0.2) is 0 Å². The predicted octanol–water partition coefficient (Wildman–Crippen LogP) is 4.73. The molecule has 0 N–H and O–H groups in total. The molecule has 0 radical (unpaired) electrons. The molecule has 0 spiro atoms. The highest BCUT2D eigenvalue weighted by atomic mass is 32.1. The van der Waals surface area contributed by atoms with E-state index in [1.54, 1.807) is 11.3 Å². The Morgan fingerprint density at radius 3 is 2.94 bits per heavy atom. The quantitative estimate of drug-likeness (QED) is 0.682. The molecule has 0 aliphatic carbocycles. The van der Waals surface area contributed by atoms with Gasteiger partial charge in [0.05, 0.1) is 0 Å². The normalized spacial score (nSPS) is 12.8. The van der Waals surface area contributed by atoms with Crippen molar-refractivity contribution in [2.45, 2.75) is 13.8 Å². The summed E-state index contributed by atoms with van der Waals surface area (Å²) in [6.45, 7) is 4.27. The zero-order valence-electron chi connectivity index (χ0n) is 9.90. The summed E-state index contributed by atoms with van der Waals surface area (Å²) in [5.74, 6) is 0. The molecule has 2 heteroatoms. The fourth-order valence-electron chi connectivity index (χ4n) is 2.13. The van der Waals surface area contributed by atoms with Crippen LogP contribution in [-0.2, 0) is 0 Å². The van der Waals surface area contributed by atoms with Gasteiger partial charge in [0.1, 0.15) is 0 Å². The number of thiophene rings is 1. The summed E-state index contributed by atoms with van der Waals surface area (Å²) in [5, 5.41) is 3.52. The SMILES string of the molecule is CC(C)=Cc1ccc2c3c(csc13)C=NC=C2. The molecule has 0 saturated carbocycles. The van der Waals surface area contributed by atoms with E-state index in [-0.39, 0.29) is 0 Å². The zero-order valence-corrected chi connectivity index (χ0v) is 10.7. The van der Waals surface area contributed by atoms with Gasteiger partial charge in [-0.05, 0) is 31.1 Å². The maximum atomic E-state index is 4.26. The molecule has 84 valence electrons. The summed E-state index contributed by atoms with van der Waals surface area (Å²) >= 11 is 1.80. The van der Waals surface area contributed by atoms with Crippen LogP contribution in [0.3, 0.4) is 0 Å². The van der Waals surface area contributed by atoms with Crippen molar-refractivity contribution in [3.8, 4) is 0 Å². The minimum Gasteiger partial charge on any atom is -0.264 e. The molecule has 2 heterocycles. The van der Waals surface area contributed by atoms with Gasteiger partial charge in [0.25, 0.3) is 0 Å². The Balaban J connectivity index is 2.38. The summed E-state index contributed by atoms with van der Waals surface area (Å²) in [7, 11) is 0. The van der Waals surface area contributed by atoms with Crippen LogP contribution in [0.5, 0.6) is 0 Å². The van der Waals surface area contributed by atoms with Crippen LogP contribution in [0.2, 0.25) is 0 Å². The highest BCUT2D eigenvalue weighted by molar-refractivity contribution is 7.18. The van der Waals surface area contributed by atoms with E-state index in [4.69, 9.17) is 0 Å². The van der Waals surface area contributed by atoms with Gasteiger partial charge in [-0.3, -0.25) is 4.99 Å². The van der Waals surface area contributed by atoms with E-state index in [1.807, 2.05) is 12.4 Å². The molecule has 2 aromatic rings. The molecule has 3 rings (SSSR count). The molecule has 0 unspecified atom stereocenters. The topological polar surface area (TPSA) is 12.4 Å². The first-order valence-corrected chi connectivity index (χ1v) is 6.52. The summed E-state index contributed by atoms with van der Waals surface area (Å²) in [4.78, 5) is 4.26. The molecule has 0 saturated heterocycles. The Bertz CT molecular complexity index is 668. The summed E-state index contributed by atoms with van der Waals surface area (Å²) < 4.78 is 1.36. The second kappa shape index (κ2) is 3.97. The van der Waals surface area contributed by atoms with Crippen molar-refractivity contribution in [1.29, 1.82) is 0 Å². The Hall–Kier alpha value is -1.67. The van der Waals surface area contributed by atoms with E-state index >= 15 is 0 Å². The van der Waals surface area contributed by atoms with Gasteiger partial charge in [0, 0.05) is 33.4 Å². The molecule has 17 heavy (non-hydrogen) atoms. The summed E-state index contributed by atoms with van der Waals surface area (Å²) in [5.41, 5.74) is 5.13. The smallest absolute Gasteiger partial charge is 0.0427 e. The maximum Gasteiger partial charge on any atom is 0.0427 e. The van der Waals surface area contributed by atoms with E-state index in [1.165, 1.54) is 32.3 Å². The van der Waals surface area contributed by atoms with E-state index in [9.17, 15) is 0 Å². The molecule has 0 fully saturated rings. The lowest BCUT2D eigenvalue weighted by atomic mass is 10.0. The number of allylic oxidation sites excluding steroid dienone is 1. The maximum absolute atomic E-state index is 4.26. The van der Waals surface area contributed by atoms with Gasteiger partial charge in [0.2, 0.25) is 0 Å². The van der Waals surface area contributed by atoms with Crippen LogP contribution in [0.4, 0.5) is 0 Å². The van der Waals surface area contributed by atoms with Crippen molar-refractivity contribution >= 4 is 39.8 Å². The van der Waals surface area contributed by atoms with Gasteiger partial charge in [-0.2, -0.15) is 0 Å². The van der Waals surface area contributed by atoms with Gasteiger partial charge in [-0.1, -0.05) is 23.8 Å². The number of benzene rings is 1.